The molecule has 1 fully saturated rings. The minimum atomic E-state index is -2.06. The van der Waals surface area contributed by atoms with Gasteiger partial charge in [0.05, 0.1) is 31.1 Å². The van der Waals surface area contributed by atoms with Crippen molar-refractivity contribution in [2.75, 3.05) is 31.6 Å². The molecule has 1 aliphatic rings. The number of hydrogen-bond donors (Lipinski definition) is 1. The van der Waals surface area contributed by atoms with Crippen molar-refractivity contribution in [3.05, 3.63) is 35.8 Å². The van der Waals surface area contributed by atoms with Crippen LogP contribution in [0.25, 0.3) is 5.82 Å². The second kappa shape index (κ2) is 9.62. The van der Waals surface area contributed by atoms with E-state index in [1.54, 1.807) is 7.11 Å². The average Bonchev–Trinajstić information content (AvgIpc) is 3.09. The Morgan fingerprint density at radius 3 is 2.35 bits per heavy atom. The first-order valence-corrected chi connectivity index (χ1v) is 14.8. The number of carbonyl (C=O) groups is 1. The van der Waals surface area contributed by atoms with Gasteiger partial charge in [0.1, 0.15) is 11.6 Å². The predicted molar refractivity (Wildman–Crippen MR) is 138 cm³/mol. The molecule has 8 nitrogen and oxygen atoms in total. The van der Waals surface area contributed by atoms with Crippen LogP contribution in [0.1, 0.15) is 39.1 Å². The number of carboxylic acid groups (broad SMARTS) is 1. The standard InChI is InChI=1S/C25H40N4O4Si/c1-17-10-11-18(2)29(17)23-14-22(32-7)20(15-26-23)27-12-13-28(24(30)31)21(16-27)19(3)33-34(8,9)25(4,5)6/h10-11,14-15,19,21H,12-13,16H2,1-9H3,(H,30,31)/t19?,21-/m1/s1. The molecular weight excluding hydrogens is 448 g/mol. The van der Waals surface area contributed by atoms with Gasteiger partial charge >= 0.3 is 6.09 Å². The lowest BCUT2D eigenvalue weighted by Gasteiger charge is -2.46. The molecule has 9 heteroatoms. The maximum atomic E-state index is 12.1. The summed E-state index contributed by atoms with van der Waals surface area (Å²) in [7, 11) is -0.404. The van der Waals surface area contributed by atoms with E-state index < -0.39 is 14.4 Å². The molecule has 0 bridgehead atoms. The van der Waals surface area contributed by atoms with Crippen LogP contribution in [0, 0.1) is 13.8 Å². The summed E-state index contributed by atoms with van der Waals surface area (Å²) in [5, 5.41) is 9.93. The van der Waals surface area contributed by atoms with Crippen molar-refractivity contribution in [1.82, 2.24) is 14.5 Å². The Balaban J connectivity index is 1.90. The van der Waals surface area contributed by atoms with Crippen LogP contribution in [0.2, 0.25) is 18.1 Å². The summed E-state index contributed by atoms with van der Waals surface area (Å²) in [5.74, 6) is 1.52. The first-order valence-electron chi connectivity index (χ1n) is 11.9. The van der Waals surface area contributed by atoms with Crippen molar-refractivity contribution in [2.24, 2.45) is 0 Å². The van der Waals surface area contributed by atoms with Gasteiger partial charge in [-0.05, 0) is 51.0 Å². The van der Waals surface area contributed by atoms with E-state index in [-0.39, 0.29) is 17.2 Å². The van der Waals surface area contributed by atoms with Crippen molar-refractivity contribution in [2.45, 2.75) is 71.8 Å². The van der Waals surface area contributed by atoms with Gasteiger partial charge in [0.2, 0.25) is 0 Å². The highest BCUT2D eigenvalue weighted by Crippen LogP contribution is 2.38. The average molecular weight is 489 g/mol. The first kappa shape index (κ1) is 26.1. The smallest absolute Gasteiger partial charge is 0.407 e. The number of nitrogens with zero attached hydrogens (tertiary/aromatic N) is 4. The third-order valence-electron chi connectivity index (χ3n) is 7.39. The Morgan fingerprint density at radius 2 is 1.82 bits per heavy atom. The van der Waals surface area contributed by atoms with Gasteiger partial charge in [0, 0.05) is 37.1 Å². The van der Waals surface area contributed by atoms with E-state index in [2.05, 4.69) is 69.3 Å². The zero-order valence-electron chi connectivity index (χ0n) is 22.0. The summed E-state index contributed by atoms with van der Waals surface area (Å²) in [6.45, 7) is 18.6. The zero-order chi connectivity index (χ0) is 25.4. The molecule has 0 radical (unpaired) electrons. The van der Waals surface area contributed by atoms with E-state index in [1.807, 2.05) is 19.2 Å². The molecule has 0 aliphatic carbocycles. The summed E-state index contributed by atoms with van der Waals surface area (Å²) < 4.78 is 14.5. The summed E-state index contributed by atoms with van der Waals surface area (Å²) in [5.41, 5.74) is 3.07. The van der Waals surface area contributed by atoms with Gasteiger partial charge in [-0.1, -0.05) is 20.8 Å². The molecular formula is C25H40N4O4Si. The van der Waals surface area contributed by atoms with Crippen molar-refractivity contribution >= 4 is 20.1 Å². The van der Waals surface area contributed by atoms with Gasteiger partial charge in [-0.15, -0.1) is 0 Å². The summed E-state index contributed by atoms with van der Waals surface area (Å²) in [6, 6.07) is 5.79. The minimum absolute atomic E-state index is 0.0430. The fourth-order valence-electron chi connectivity index (χ4n) is 4.36. The third kappa shape index (κ3) is 5.10. The molecule has 1 N–H and O–H groups in total. The highest BCUT2D eigenvalue weighted by molar-refractivity contribution is 6.74. The number of rotatable bonds is 6. The lowest BCUT2D eigenvalue weighted by atomic mass is 10.1. The molecule has 2 aromatic rings. The van der Waals surface area contributed by atoms with Crippen LogP contribution >= 0.6 is 0 Å². The van der Waals surface area contributed by atoms with Crippen LogP contribution < -0.4 is 9.64 Å². The van der Waals surface area contributed by atoms with E-state index in [0.29, 0.717) is 19.6 Å². The van der Waals surface area contributed by atoms with Crippen LogP contribution in [0.4, 0.5) is 10.5 Å². The number of pyridine rings is 1. The van der Waals surface area contributed by atoms with E-state index in [0.717, 1.165) is 28.6 Å². The molecule has 34 heavy (non-hydrogen) atoms. The van der Waals surface area contributed by atoms with Gasteiger partial charge in [0.15, 0.2) is 8.32 Å². The molecule has 3 rings (SSSR count). The topological polar surface area (TPSA) is 80.1 Å². The second-order valence-corrected chi connectivity index (χ2v) is 15.5. The zero-order valence-corrected chi connectivity index (χ0v) is 23.0. The fraction of sp³-hybridized carbons (Fsp3) is 0.600. The molecule has 2 aromatic heterocycles. The number of ether oxygens (including phenoxy) is 1. The van der Waals surface area contributed by atoms with E-state index in [9.17, 15) is 9.90 Å². The SMILES string of the molecule is COc1cc(-n2c(C)ccc2C)ncc1N1CCN(C(=O)O)[C@@H](C(C)O[Si](C)(C)C(C)(C)C)C1. The summed E-state index contributed by atoms with van der Waals surface area (Å²) >= 11 is 0. The van der Waals surface area contributed by atoms with E-state index in [1.165, 1.54) is 4.90 Å². The molecule has 1 saturated heterocycles. The molecule has 1 unspecified atom stereocenters. The van der Waals surface area contributed by atoms with Crippen LogP contribution in [-0.2, 0) is 4.43 Å². The number of anilines is 1. The van der Waals surface area contributed by atoms with Crippen molar-refractivity contribution in [3.8, 4) is 11.6 Å². The Morgan fingerprint density at radius 1 is 1.21 bits per heavy atom. The maximum Gasteiger partial charge on any atom is 0.407 e. The first-order chi connectivity index (χ1) is 15.8. The number of hydrogen-bond acceptors (Lipinski definition) is 5. The highest BCUT2D eigenvalue weighted by Gasteiger charge is 2.42. The lowest BCUT2D eigenvalue weighted by Crippen LogP contribution is -2.61. The maximum absolute atomic E-state index is 12.1. The van der Waals surface area contributed by atoms with Gasteiger partial charge in [0.25, 0.3) is 0 Å². The van der Waals surface area contributed by atoms with Crippen molar-refractivity contribution < 1.29 is 19.1 Å². The molecule has 1 amide bonds. The quantitative estimate of drug-likeness (QED) is 0.572. The number of amides is 1. The van der Waals surface area contributed by atoms with Gasteiger partial charge < -0.3 is 23.7 Å². The summed E-state index contributed by atoms with van der Waals surface area (Å²) in [4.78, 5) is 20.5. The largest absolute Gasteiger partial charge is 0.494 e. The van der Waals surface area contributed by atoms with E-state index in [4.69, 9.17) is 14.1 Å². The molecule has 3 heterocycles. The Hall–Kier alpha value is -2.52. The van der Waals surface area contributed by atoms with Crippen LogP contribution in [0.5, 0.6) is 5.75 Å². The molecule has 0 spiro atoms. The summed E-state index contributed by atoms with van der Waals surface area (Å²) in [6.07, 6.45) is 0.692. The van der Waals surface area contributed by atoms with Crippen molar-refractivity contribution in [3.63, 3.8) is 0 Å². The predicted octanol–water partition coefficient (Wildman–Crippen LogP) is 5.08. The number of aryl methyl sites for hydroxylation is 2. The van der Waals surface area contributed by atoms with Gasteiger partial charge in [-0.3, -0.25) is 4.90 Å². The number of aromatic nitrogens is 2. The van der Waals surface area contributed by atoms with Crippen molar-refractivity contribution in [1.29, 1.82) is 0 Å². The Labute approximate surface area is 204 Å². The van der Waals surface area contributed by atoms with Gasteiger partial charge in [-0.25, -0.2) is 9.78 Å². The number of methoxy groups -OCH3 is 1. The van der Waals surface area contributed by atoms with Gasteiger partial charge in [-0.2, -0.15) is 0 Å². The fourth-order valence-corrected chi connectivity index (χ4v) is 5.80. The molecule has 188 valence electrons. The molecule has 0 saturated carbocycles. The Kier molecular flexibility index (Phi) is 7.38. The van der Waals surface area contributed by atoms with E-state index >= 15 is 0 Å². The molecule has 2 atom stereocenters. The highest BCUT2D eigenvalue weighted by atomic mass is 28.4. The monoisotopic (exact) mass is 488 g/mol. The Bertz CT molecular complexity index is 1010. The third-order valence-corrected chi connectivity index (χ3v) is 12.0. The van der Waals surface area contributed by atoms with Crippen LogP contribution in [-0.4, -0.2) is 72.9 Å². The van der Waals surface area contributed by atoms with Crippen LogP contribution in [0.3, 0.4) is 0 Å². The molecule has 1 aliphatic heterocycles. The normalized spacial score (nSPS) is 18.2. The minimum Gasteiger partial charge on any atom is -0.494 e. The molecule has 0 aromatic carbocycles. The lowest BCUT2D eigenvalue weighted by molar-refractivity contribution is 0.0567. The number of piperazine rings is 1. The second-order valence-electron chi connectivity index (χ2n) is 10.7. The van der Waals surface area contributed by atoms with Crippen LogP contribution in [0.15, 0.2) is 24.4 Å².